The van der Waals surface area contributed by atoms with E-state index in [1.54, 1.807) is 16.8 Å². The maximum Gasteiger partial charge on any atom is 0.213 e. The zero-order valence-electron chi connectivity index (χ0n) is 20.1. The molecule has 0 fully saturated rings. The van der Waals surface area contributed by atoms with Crippen molar-refractivity contribution in [2.45, 2.75) is 6.54 Å². The number of aliphatic imine (C=N–C) groups is 1. The van der Waals surface area contributed by atoms with E-state index in [1.807, 2.05) is 78.5 Å². The Morgan fingerprint density at radius 1 is 1.03 bits per heavy atom. The Labute approximate surface area is 208 Å². The molecular formula is C27H26FN7O. The smallest absolute Gasteiger partial charge is 0.213 e. The summed E-state index contributed by atoms with van der Waals surface area (Å²) >= 11 is 0. The van der Waals surface area contributed by atoms with Crippen molar-refractivity contribution in [2.24, 2.45) is 4.99 Å². The number of carbonyl (C=O) groups excluding carboxylic acids is 1. The van der Waals surface area contributed by atoms with E-state index in [9.17, 15) is 9.18 Å². The number of aromatic nitrogens is 3. The number of para-hydroxylation sites is 1. The number of carbonyl (C=O) groups is 1. The molecule has 0 bridgehead atoms. The second-order valence-corrected chi connectivity index (χ2v) is 8.62. The number of nitrogens with zero attached hydrogens (tertiary/aromatic N) is 6. The SMILES string of the molecule is CN(C)C1=NCCN1c1nn(Cc2ccc(-c3cccc(F)n3)cc2)c(Nc2ccccc2)c1C=O. The summed E-state index contributed by atoms with van der Waals surface area (Å²) in [7, 11) is 3.85. The van der Waals surface area contributed by atoms with Crippen LogP contribution in [0, 0.1) is 5.95 Å². The Bertz CT molecular complexity index is 1400. The van der Waals surface area contributed by atoms with Crippen LogP contribution in [0.5, 0.6) is 0 Å². The van der Waals surface area contributed by atoms with Crippen LogP contribution in [0.15, 0.2) is 77.8 Å². The Kier molecular flexibility index (Phi) is 6.44. The first-order valence-corrected chi connectivity index (χ1v) is 11.6. The number of hydrogen-bond acceptors (Lipinski definition) is 7. The summed E-state index contributed by atoms with van der Waals surface area (Å²) in [4.78, 5) is 24.8. The lowest BCUT2D eigenvalue weighted by atomic mass is 10.1. The van der Waals surface area contributed by atoms with Crippen LogP contribution in [0.3, 0.4) is 0 Å². The normalized spacial score (nSPS) is 13.0. The van der Waals surface area contributed by atoms with E-state index in [-0.39, 0.29) is 0 Å². The summed E-state index contributed by atoms with van der Waals surface area (Å²) in [5.41, 5.74) is 3.68. The number of hydrogen-bond donors (Lipinski definition) is 1. The van der Waals surface area contributed by atoms with Crippen molar-refractivity contribution in [2.75, 3.05) is 37.4 Å². The molecule has 36 heavy (non-hydrogen) atoms. The summed E-state index contributed by atoms with van der Waals surface area (Å²) in [5.74, 6) is 1.42. The highest BCUT2D eigenvalue weighted by molar-refractivity contribution is 6.02. The van der Waals surface area contributed by atoms with Crippen molar-refractivity contribution in [3.63, 3.8) is 0 Å². The summed E-state index contributed by atoms with van der Waals surface area (Å²) < 4.78 is 15.3. The number of nitrogens with one attached hydrogen (secondary N) is 1. The molecule has 0 saturated carbocycles. The monoisotopic (exact) mass is 483 g/mol. The van der Waals surface area contributed by atoms with Gasteiger partial charge in [0.15, 0.2) is 12.1 Å². The van der Waals surface area contributed by atoms with E-state index in [1.165, 1.54) is 6.07 Å². The highest BCUT2D eigenvalue weighted by atomic mass is 19.1. The summed E-state index contributed by atoms with van der Waals surface area (Å²) in [5, 5.41) is 8.24. The van der Waals surface area contributed by atoms with Crippen LogP contribution in [-0.2, 0) is 6.54 Å². The van der Waals surface area contributed by atoms with E-state index in [0.29, 0.717) is 42.5 Å². The van der Waals surface area contributed by atoms with Crippen LogP contribution in [0.2, 0.25) is 0 Å². The van der Waals surface area contributed by atoms with Gasteiger partial charge >= 0.3 is 0 Å². The highest BCUT2D eigenvalue weighted by Crippen LogP contribution is 2.31. The van der Waals surface area contributed by atoms with Gasteiger partial charge in [0.2, 0.25) is 11.9 Å². The first-order valence-electron chi connectivity index (χ1n) is 11.6. The molecule has 0 aliphatic carbocycles. The van der Waals surface area contributed by atoms with Crippen molar-refractivity contribution < 1.29 is 9.18 Å². The molecule has 5 rings (SSSR count). The largest absolute Gasteiger partial charge is 0.349 e. The van der Waals surface area contributed by atoms with E-state index >= 15 is 0 Å². The maximum absolute atomic E-state index is 13.5. The third-order valence-electron chi connectivity index (χ3n) is 5.90. The van der Waals surface area contributed by atoms with Crippen LogP contribution in [-0.4, -0.2) is 59.1 Å². The van der Waals surface area contributed by atoms with Gasteiger partial charge < -0.3 is 10.2 Å². The highest BCUT2D eigenvalue weighted by Gasteiger charge is 2.28. The van der Waals surface area contributed by atoms with E-state index < -0.39 is 5.95 Å². The molecule has 0 radical (unpaired) electrons. The van der Waals surface area contributed by atoms with E-state index in [0.717, 1.165) is 29.1 Å². The number of rotatable bonds is 7. The topological polar surface area (TPSA) is 78.7 Å². The summed E-state index contributed by atoms with van der Waals surface area (Å²) in [6, 6.07) is 22.1. The molecule has 0 unspecified atom stereocenters. The van der Waals surface area contributed by atoms with Crippen LogP contribution in [0.4, 0.5) is 21.7 Å². The molecule has 3 heterocycles. The fraction of sp³-hybridized carbons (Fsp3) is 0.185. The van der Waals surface area contributed by atoms with Crippen molar-refractivity contribution in [3.8, 4) is 11.3 Å². The predicted octanol–water partition coefficient (Wildman–Crippen LogP) is 4.43. The molecule has 8 nitrogen and oxygen atoms in total. The second kappa shape index (κ2) is 9.99. The number of aldehydes is 1. The minimum Gasteiger partial charge on any atom is -0.349 e. The standard InChI is InChI=1S/C27H26FN7O/c1-33(2)27-29-15-16-34(27)26-22(18-36)25(30-21-7-4-3-5-8-21)35(32-26)17-19-11-13-20(14-12-19)23-9-6-10-24(28)31-23/h3-14,18,30H,15-17H2,1-2H3. The van der Waals surface area contributed by atoms with Crippen molar-refractivity contribution in [1.29, 1.82) is 0 Å². The molecule has 1 aliphatic rings. The summed E-state index contributed by atoms with van der Waals surface area (Å²) in [6.07, 6.45) is 0.842. The predicted molar refractivity (Wildman–Crippen MR) is 139 cm³/mol. The zero-order valence-corrected chi connectivity index (χ0v) is 20.1. The number of halogens is 1. The maximum atomic E-state index is 13.5. The molecule has 2 aromatic carbocycles. The van der Waals surface area contributed by atoms with Crippen molar-refractivity contribution >= 4 is 29.6 Å². The lowest BCUT2D eigenvalue weighted by molar-refractivity contribution is 0.112. The molecule has 0 spiro atoms. The molecule has 0 amide bonds. The van der Waals surface area contributed by atoms with Gasteiger partial charge in [0.05, 0.1) is 18.8 Å². The minimum absolute atomic E-state index is 0.426. The third-order valence-corrected chi connectivity index (χ3v) is 5.90. The second-order valence-electron chi connectivity index (χ2n) is 8.62. The van der Waals surface area contributed by atoms with Gasteiger partial charge in [-0.1, -0.05) is 48.5 Å². The van der Waals surface area contributed by atoms with Crippen LogP contribution >= 0.6 is 0 Å². The zero-order chi connectivity index (χ0) is 25.1. The summed E-state index contributed by atoms with van der Waals surface area (Å²) in [6.45, 7) is 1.70. The molecule has 0 atom stereocenters. The Morgan fingerprint density at radius 2 is 1.81 bits per heavy atom. The molecule has 4 aromatic rings. The van der Waals surface area contributed by atoms with Crippen molar-refractivity contribution in [3.05, 3.63) is 89.9 Å². The fourth-order valence-electron chi connectivity index (χ4n) is 4.22. The van der Waals surface area contributed by atoms with E-state index in [2.05, 4.69) is 15.3 Å². The number of benzene rings is 2. The fourth-order valence-corrected chi connectivity index (χ4v) is 4.22. The van der Waals surface area contributed by atoms with E-state index in [4.69, 9.17) is 5.10 Å². The molecule has 0 saturated heterocycles. The van der Waals surface area contributed by atoms with Gasteiger partial charge in [0.1, 0.15) is 11.4 Å². The first-order chi connectivity index (χ1) is 17.5. The molecule has 1 aliphatic heterocycles. The number of anilines is 3. The molecule has 1 N–H and O–H groups in total. The van der Waals surface area contributed by atoms with Gasteiger partial charge in [-0.05, 0) is 29.8 Å². The quantitative estimate of drug-likeness (QED) is 0.310. The Morgan fingerprint density at radius 3 is 2.50 bits per heavy atom. The van der Waals surface area contributed by atoms with Crippen LogP contribution < -0.4 is 10.2 Å². The Hall–Kier alpha value is -4.53. The van der Waals surface area contributed by atoms with Crippen LogP contribution in [0.25, 0.3) is 11.3 Å². The average molecular weight is 484 g/mol. The number of guanidine groups is 1. The van der Waals surface area contributed by atoms with Crippen molar-refractivity contribution in [1.82, 2.24) is 19.7 Å². The minimum atomic E-state index is -0.513. The third kappa shape index (κ3) is 4.68. The number of pyridine rings is 1. The molecular weight excluding hydrogens is 457 g/mol. The average Bonchev–Trinajstić information content (AvgIpc) is 3.50. The lowest BCUT2D eigenvalue weighted by Gasteiger charge is -2.23. The van der Waals surface area contributed by atoms with Gasteiger partial charge in [0.25, 0.3) is 0 Å². The van der Waals surface area contributed by atoms with Crippen LogP contribution in [0.1, 0.15) is 15.9 Å². The Balaban J connectivity index is 1.51. The van der Waals surface area contributed by atoms with Gasteiger partial charge in [0, 0.05) is 31.9 Å². The molecule has 9 heteroatoms. The lowest BCUT2D eigenvalue weighted by Crippen LogP contribution is -2.38. The van der Waals surface area contributed by atoms with Gasteiger partial charge in [-0.3, -0.25) is 14.7 Å². The van der Waals surface area contributed by atoms with Gasteiger partial charge in [-0.2, -0.15) is 9.49 Å². The first kappa shape index (κ1) is 23.2. The molecule has 2 aromatic heterocycles. The van der Waals surface area contributed by atoms with Gasteiger partial charge in [-0.15, -0.1) is 0 Å². The van der Waals surface area contributed by atoms with Gasteiger partial charge in [-0.25, -0.2) is 9.67 Å². The molecule has 182 valence electrons.